The first-order valence-electron chi connectivity index (χ1n) is 10.3. The van der Waals surface area contributed by atoms with Crippen molar-refractivity contribution in [3.8, 4) is 11.5 Å². The molecule has 10 heteroatoms. The van der Waals surface area contributed by atoms with Gasteiger partial charge < -0.3 is 9.32 Å². The molecule has 0 N–H and O–H groups in total. The van der Waals surface area contributed by atoms with Crippen LogP contribution in [0.2, 0.25) is 0 Å². The molecule has 0 aliphatic heterocycles. The molecule has 0 atom stereocenters. The maximum atomic E-state index is 13.2. The lowest BCUT2D eigenvalue weighted by atomic mass is 10.1. The average Bonchev–Trinajstić information content (AvgIpc) is 3.30. The highest BCUT2D eigenvalue weighted by molar-refractivity contribution is 7.92. The molecule has 0 bridgehead atoms. The molecule has 0 saturated carbocycles. The molecule has 1 aromatic heterocycles. The number of alkyl halides is 2. The van der Waals surface area contributed by atoms with Crippen molar-refractivity contribution in [1.82, 2.24) is 15.1 Å². The Morgan fingerprint density at radius 1 is 0.969 bits per heavy atom. The first kappa shape index (κ1) is 23.8. The third kappa shape index (κ3) is 5.89. The van der Waals surface area contributed by atoms with E-state index in [2.05, 4.69) is 15.1 Å². The lowest BCUT2D eigenvalue weighted by molar-refractivity contribution is 0.116. The lowest BCUT2D eigenvalue weighted by Crippen LogP contribution is -2.37. The minimum absolute atomic E-state index is 0.0000473. The smallest absolute Gasteiger partial charge is 0.314 e. The molecule has 0 amide bonds. The highest BCUT2D eigenvalue weighted by Crippen LogP contribution is 2.25. The topological polar surface area (TPSA) is 79.5 Å². The van der Waals surface area contributed by atoms with Crippen molar-refractivity contribution >= 4 is 15.7 Å². The Bertz CT molecular complexity index is 1090. The molecule has 0 aliphatic rings. The molecule has 0 spiro atoms. The lowest BCUT2D eigenvalue weighted by Gasteiger charge is -2.26. The Labute approximate surface area is 186 Å². The standard InChI is InChI=1S/C22H26F2N4O3S/c1-3-27(4-2)14-15-32(29,30)28(19-8-6-5-7-9-19)16-17-10-12-18(13-11-17)21-25-26-22(31-21)20(23)24/h5-13,20H,3-4,14-16H2,1-2H3. The van der Waals surface area contributed by atoms with Crippen molar-refractivity contribution in [1.29, 1.82) is 0 Å². The highest BCUT2D eigenvalue weighted by atomic mass is 32.2. The number of sulfonamides is 1. The average molecular weight is 465 g/mol. The summed E-state index contributed by atoms with van der Waals surface area (Å²) in [7, 11) is -3.59. The Hall–Kier alpha value is -2.85. The number of para-hydroxylation sites is 1. The quantitative estimate of drug-likeness (QED) is 0.420. The van der Waals surface area contributed by atoms with E-state index in [1.54, 1.807) is 48.5 Å². The summed E-state index contributed by atoms with van der Waals surface area (Å²) in [5.41, 5.74) is 1.79. The van der Waals surface area contributed by atoms with Gasteiger partial charge >= 0.3 is 6.43 Å². The van der Waals surface area contributed by atoms with Crippen LogP contribution >= 0.6 is 0 Å². The highest BCUT2D eigenvalue weighted by Gasteiger charge is 2.24. The fourth-order valence-electron chi connectivity index (χ4n) is 3.20. The molecule has 0 radical (unpaired) electrons. The van der Waals surface area contributed by atoms with Crippen LogP contribution in [0.5, 0.6) is 0 Å². The van der Waals surface area contributed by atoms with Crippen LogP contribution < -0.4 is 4.31 Å². The third-order valence-electron chi connectivity index (χ3n) is 5.09. The summed E-state index contributed by atoms with van der Waals surface area (Å²) in [6.07, 6.45) is -2.84. The summed E-state index contributed by atoms with van der Waals surface area (Å²) in [6, 6.07) is 15.7. The van der Waals surface area contributed by atoms with Crippen molar-refractivity contribution < 1.29 is 21.6 Å². The van der Waals surface area contributed by atoms with E-state index in [1.165, 1.54) is 4.31 Å². The molecule has 1 heterocycles. The minimum atomic E-state index is -3.59. The van der Waals surface area contributed by atoms with E-state index in [0.717, 1.165) is 18.7 Å². The van der Waals surface area contributed by atoms with Crippen LogP contribution in [0.4, 0.5) is 14.5 Å². The van der Waals surface area contributed by atoms with Gasteiger partial charge in [-0.3, -0.25) is 4.31 Å². The van der Waals surface area contributed by atoms with Gasteiger partial charge in [0.2, 0.25) is 15.9 Å². The molecule has 0 fully saturated rings. The van der Waals surface area contributed by atoms with Crippen LogP contribution in [0.25, 0.3) is 11.5 Å². The SMILES string of the molecule is CCN(CC)CCS(=O)(=O)N(Cc1ccc(-c2nnc(C(F)F)o2)cc1)c1ccccc1. The monoisotopic (exact) mass is 464 g/mol. The molecule has 172 valence electrons. The van der Waals surface area contributed by atoms with Crippen LogP contribution in [0.15, 0.2) is 59.0 Å². The van der Waals surface area contributed by atoms with E-state index in [0.29, 0.717) is 17.8 Å². The van der Waals surface area contributed by atoms with Crippen molar-refractivity contribution in [2.24, 2.45) is 0 Å². The van der Waals surface area contributed by atoms with Crippen LogP contribution in [-0.2, 0) is 16.6 Å². The van der Waals surface area contributed by atoms with Crippen molar-refractivity contribution in [3.63, 3.8) is 0 Å². The number of nitrogens with zero attached hydrogens (tertiary/aromatic N) is 4. The predicted octanol–water partition coefficient (Wildman–Crippen LogP) is 4.35. The number of hydrogen-bond donors (Lipinski definition) is 0. The van der Waals surface area contributed by atoms with Crippen molar-refractivity contribution in [2.45, 2.75) is 26.8 Å². The van der Waals surface area contributed by atoms with E-state index in [-0.39, 0.29) is 18.2 Å². The van der Waals surface area contributed by atoms with Gasteiger partial charge in [-0.05, 0) is 42.9 Å². The molecular formula is C22H26F2N4O3S. The number of benzene rings is 2. The second kappa shape index (κ2) is 10.6. The summed E-state index contributed by atoms with van der Waals surface area (Å²) in [4.78, 5) is 2.06. The van der Waals surface area contributed by atoms with Gasteiger partial charge in [-0.25, -0.2) is 8.42 Å². The number of aromatic nitrogens is 2. The molecule has 7 nitrogen and oxygen atoms in total. The molecule has 3 rings (SSSR count). The Kier molecular flexibility index (Phi) is 7.92. The summed E-state index contributed by atoms with van der Waals surface area (Å²) in [5, 5.41) is 6.96. The molecular weight excluding hydrogens is 438 g/mol. The Balaban J connectivity index is 1.82. The van der Waals surface area contributed by atoms with Crippen LogP contribution in [0.1, 0.15) is 31.7 Å². The molecule has 0 saturated heterocycles. The summed E-state index contributed by atoms with van der Waals surface area (Å²) >= 11 is 0. The third-order valence-corrected chi connectivity index (χ3v) is 6.80. The van der Waals surface area contributed by atoms with E-state index < -0.39 is 22.3 Å². The van der Waals surface area contributed by atoms with Crippen molar-refractivity contribution in [3.05, 3.63) is 66.1 Å². The fourth-order valence-corrected chi connectivity index (χ4v) is 4.69. The van der Waals surface area contributed by atoms with Gasteiger partial charge in [-0.1, -0.05) is 44.2 Å². The van der Waals surface area contributed by atoms with Gasteiger partial charge in [-0.15, -0.1) is 10.2 Å². The molecule has 2 aromatic carbocycles. The molecule has 3 aromatic rings. The maximum Gasteiger partial charge on any atom is 0.314 e. The first-order valence-corrected chi connectivity index (χ1v) is 11.9. The van der Waals surface area contributed by atoms with Crippen LogP contribution in [-0.4, -0.2) is 48.9 Å². The van der Waals surface area contributed by atoms with Gasteiger partial charge in [0.1, 0.15) is 0 Å². The van der Waals surface area contributed by atoms with E-state index in [4.69, 9.17) is 4.42 Å². The number of anilines is 1. The van der Waals surface area contributed by atoms with Gasteiger partial charge in [0.05, 0.1) is 18.0 Å². The van der Waals surface area contributed by atoms with Gasteiger partial charge in [0, 0.05) is 12.1 Å². The van der Waals surface area contributed by atoms with Crippen LogP contribution in [0.3, 0.4) is 0 Å². The zero-order chi connectivity index (χ0) is 23.1. The van der Waals surface area contributed by atoms with E-state index >= 15 is 0 Å². The zero-order valence-corrected chi connectivity index (χ0v) is 18.8. The largest absolute Gasteiger partial charge is 0.415 e. The van der Waals surface area contributed by atoms with Crippen LogP contribution in [0, 0.1) is 0 Å². The number of rotatable bonds is 11. The second-order valence-corrected chi connectivity index (χ2v) is 9.14. The molecule has 0 aliphatic carbocycles. The van der Waals surface area contributed by atoms with E-state index in [9.17, 15) is 17.2 Å². The Morgan fingerprint density at radius 3 is 2.19 bits per heavy atom. The number of halogens is 2. The predicted molar refractivity (Wildman–Crippen MR) is 119 cm³/mol. The zero-order valence-electron chi connectivity index (χ0n) is 18.0. The summed E-state index contributed by atoms with van der Waals surface area (Å²) < 4.78 is 58.2. The van der Waals surface area contributed by atoms with Gasteiger partial charge in [-0.2, -0.15) is 8.78 Å². The normalized spacial score (nSPS) is 11.9. The maximum absolute atomic E-state index is 13.2. The summed E-state index contributed by atoms with van der Waals surface area (Å²) in [6.45, 7) is 6.14. The minimum Gasteiger partial charge on any atom is -0.415 e. The van der Waals surface area contributed by atoms with Gasteiger partial charge in [0.25, 0.3) is 5.89 Å². The van der Waals surface area contributed by atoms with Crippen molar-refractivity contribution in [2.75, 3.05) is 29.7 Å². The summed E-state index contributed by atoms with van der Waals surface area (Å²) in [5.74, 6) is -0.753. The first-order chi connectivity index (χ1) is 15.3. The second-order valence-electron chi connectivity index (χ2n) is 7.13. The van der Waals surface area contributed by atoms with E-state index in [1.807, 2.05) is 19.9 Å². The fraction of sp³-hybridized carbons (Fsp3) is 0.364. The Morgan fingerprint density at radius 2 is 1.62 bits per heavy atom. The van der Waals surface area contributed by atoms with Gasteiger partial charge in [0.15, 0.2) is 0 Å². The molecule has 32 heavy (non-hydrogen) atoms. The number of hydrogen-bond acceptors (Lipinski definition) is 6. The molecule has 0 unspecified atom stereocenters.